The predicted molar refractivity (Wildman–Crippen MR) is 115 cm³/mol. The van der Waals surface area contributed by atoms with E-state index in [1.807, 2.05) is 24.3 Å². The second kappa shape index (κ2) is 11.2. The number of carboxylic acid groups (broad SMARTS) is 1. The van der Waals surface area contributed by atoms with Crippen molar-refractivity contribution in [1.82, 2.24) is 29.5 Å². The third-order valence-corrected chi connectivity index (χ3v) is 5.88. The monoisotopic (exact) mass is 448 g/mol. The molecule has 2 atom stereocenters. The number of nitrogens with zero attached hydrogens (tertiary/aromatic N) is 6. The van der Waals surface area contributed by atoms with Crippen LogP contribution < -0.4 is 0 Å². The molecule has 0 unspecified atom stereocenters. The average molecular weight is 449 g/mol. The molecule has 2 aliphatic rings. The maximum Gasteiger partial charge on any atom is 0.290 e. The number of morpholine rings is 1. The number of carbonyl (C=O) groups excluding carboxylic acids is 1. The minimum Gasteiger partial charge on any atom is -0.483 e. The van der Waals surface area contributed by atoms with Crippen LogP contribution in [0, 0.1) is 6.92 Å². The number of carbonyl (C=O) groups is 2. The molecule has 0 radical (unpaired) electrons. The standard InChI is InChI=1S/C20H30N6O3.CH2O2/c1-15-18(21-14-29-15)20(27)26-9-10-28-17(19(26)16-11-22-24(3)12-16)13-25-6-4-5-23(2)7-8-25;2-1-3/h11-12,14,17,19H,4-10,13H2,1-3H3;1H,(H,2,3)/t17-,19-;/m0./s1. The van der Waals surface area contributed by atoms with Crippen LogP contribution >= 0.6 is 0 Å². The Kier molecular flexibility index (Phi) is 8.37. The lowest BCUT2D eigenvalue weighted by molar-refractivity contribution is -0.122. The van der Waals surface area contributed by atoms with Crippen molar-refractivity contribution in [3.63, 3.8) is 0 Å². The molecule has 4 heterocycles. The zero-order valence-corrected chi connectivity index (χ0v) is 18.9. The van der Waals surface area contributed by atoms with Gasteiger partial charge < -0.3 is 24.1 Å². The van der Waals surface area contributed by atoms with Gasteiger partial charge >= 0.3 is 0 Å². The summed E-state index contributed by atoms with van der Waals surface area (Å²) in [5.41, 5.74) is 1.36. The molecule has 0 spiro atoms. The molecule has 2 aromatic heterocycles. The van der Waals surface area contributed by atoms with Crippen LogP contribution in [0.15, 0.2) is 23.2 Å². The minimum absolute atomic E-state index is 0.117. The predicted octanol–water partition coefficient (Wildman–Crippen LogP) is 0.637. The van der Waals surface area contributed by atoms with E-state index < -0.39 is 0 Å². The number of rotatable bonds is 4. The molecule has 0 bridgehead atoms. The van der Waals surface area contributed by atoms with Crippen LogP contribution in [-0.4, -0.2) is 106 Å². The van der Waals surface area contributed by atoms with Gasteiger partial charge in [-0.25, -0.2) is 4.98 Å². The number of hydrogen-bond acceptors (Lipinski definition) is 8. The Labute approximate surface area is 187 Å². The van der Waals surface area contributed by atoms with Gasteiger partial charge in [0, 0.05) is 45.0 Å². The van der Waals surface area contributed by atoms with Crippen molar-refractivity contribution in [3.05, 3.63) is 35.8 Å². The Morgan fingerprint density at radius 2 is 2.03 bits per heavy atom. The topological polar surface area (TPSA) is 117 Å². The van der Waals surface area contributed by atoms with Crippen molar-refractivity contribution in [3.8, 4) is 0 Å². The molecular formula is C21H32N6O5. The lowest BCUT2D eigenvalue weighted by atomic mass is 9.99. The van der Waals surface area contributed by atoms with Gasteiger partial charge in [-0.15, -0.1) is 0 Å². The van der Waals surface area contributed by atoms with Gasteiger partial charge in [-0.1, -0.05) is 0 Å². The number of oxazole rings is 1. The van der Waals surface area contributed by atoms with Crippen LogP contribution in [0.3, 0.4) is 0 Å². The first-order chi connectivity index (χ1) is 15.4. The van der Waals surface area contributed by atoms with Gasteiger partial charge in [0.25, 0.3) is 12.4 Å². The minimum atomic E-state index is -0.250. The van der Waals surface area contributed by atoms with E-state index in [0.29, 0.717) is 24.6 Å². The highest BCUT2D eigenvalue weighted by Gasteiger charge is 2.39. The van der Waals surface area contributed by atoms with Gasteiger partial charge in [-0.05, 0) is 33.5 Å². The maximum atomic E-state index is 13.3. The molecule has 2 aromatic rings. The molecule has 4 rings (SSSR count). The molecule has 11 nitrogen and oxygen atoms in total. The van der Waals surface area contributed by atoms with Crippen molar-refractivity contribution in [2.24, 2.45) is 7.05 Å². The van der Waals surface area contributed by atoms with E-state index in [2.05, 4.69) is 26.9 Å². The van der Waals surface area contributed by atoms with Crippen LogP contribution in [0.25, 0.3) is 0 Å². The van der Waals surface area contributed by atoms with Gasteiger partial charge in [-0.3, -0.25) is 19.2 Å². The fourth-order valence-electron chi connectivity index (χ4n) is 4.28. The zero-order valence-electron chi connectivity index (χ0n) is 18.9. The zero-order chi connectivity index (χ0) is 23.1. The van der Waals surface area contributed by atoms with E-state index in [4.69, 9.17) is 19.1 Å². The van der Waals surface area contributed by atoms with Crippen LogP contribution in [0.2, 0.25) is 0 Å². The Bertz CT molecular complexity index is 884. The average Bonchev–Trinajstić information content (AvgIpc) is 3.34. The fourth-order valence-corrected chi connectivity index (χ4v) is 4.28. The van der Waals surface area contributed by atoms with Gasteiger partial charge in [0.1, 0.15) is 5.76 Å². The van der Waals surface area contributed by atoms with Gasteiger partial charge in [-0.2, -0.15) is 5.10 Å². The van der Waals surface area contributed by atoms with E-state index in [0.717, 1.165) is 44.7 Å². The van der Waals surface area contributed by atoms with Gasteiger partial charge in [0.15, 0.2) is 12.1 Å². The molecule has 0 aliphatic carbocycles. The van der Waals surface area contributed by atoms with Gasteiger partial charge in [0.2, 0.25) is 0 Å². The normalized spacial score (nSPS) is 22.7. The van der Waals surface area contributed by atoms with Gasteiger partial charge in [0.05, 0.1) is 24.9 Å². The van der Waals surface area contributed by atoms with Crippen LogP contribution in [-0.2, 0) is 16.6 Å². The smallest absolute Gasteiger partial charge is 0.290 e. The second-order valence-corrected chi connectivity index (χ2v) is 8.12. The molecule has 0 saturated carbocycles. The summed E-state index contributed by atoms with van der Waals surface area (Å²) >= 11 is 0. The Morgan fingerprint density at radius 1 is 1.25 bits per heavy atom. The number of likely N-dealkylation sites (N-methyl/N-ethyl adjacent to an activating group) is 1. The number of ether oxygens (including phenoxy) is 1. The molecule has 32 heavy (non-hydrogen) atoms. The lowest BCUT2D eigenvalue weighted by Crippen LogP contribution is -2.52. The number of aryl methyl sites for hydroxylation is 2. The largest absolute Gasteiger partial charge is 0.483 e. The SMILES string of the molecule is Cc1ocnc1C(=O)N1CCO[C@@H](CN2CCCN(C)CC2)[C@@H]1c1cnn(C)c1.O=CO. The Morgan fingerprint density at radius 3 is 2.69 bits per heavy atom. The van der Waals surface area contributed by atoms with Crippen molar-refractivity contribution in [1.29, 1.82) is 0 Å². The third kappa shape index (κ3) is 5.72. The molecule has 1 amide bonds. The summed E-state index contributed by atoms with van der Waals surface area (Å²) in [7, 11) is 4.06. The summed E-state index contributed by atoms with van der Waals surface area (Å²) < 4.78 is 13.3. The maximum absolute atomic E-state index is 13.3. The molecule has 2 aliphatic heterocycles. The first kappa shape index (κ1) is 23.9. The number of hydrogen-bond donors (Lipinski definition) is 1. The lowest BCUT2D eigenvalue weighted by Gasteiger charge is -2.42. The van der Waals surface area contributed by atoms with Crippen molar-refractivity contribution >= 4 is 12.4 Å². The molecule has 1 N–H and O–H groups in total. The first-order valence-electron chi connectivity index (χ1n) is 10.7. The molecule has 2 saturated heterocycles. The summed E-state index contributed by atoms with van der Waals surface area (Å²) in [5.74, 6) is 0.424. The van der Waals surface area contributed by atoms with Crippen molar-refractivity contribution < 1.29 is 23.8 Å². The van der Waals surface area contributed by atoms with Crippen LogP contribution in [0.5, 0.6) is 0 Å². The van der Waals surface area contributed by atoms with Crippen molar-refractivity contribution in [2.45, 2.75) is 25.5 Å². The summed E-state index contributed by atoms with van der Waals surface area (Å²) in [5, 5.41) is 11.2. The summed E-state index contributed by atoms with van der Waals surface area (Å²) in [4.78, 5) is 32.5. The number of amides is 1. The van der Waals surface area contributed by atoms with Crippen LogP contribution in [0.4, 0.5) is 0 Å². The number of aromatic nitrogens is 3. The molecular weight excluding hydrogens is 416 g/mol. The highest BCUT2D eigenvalue weighted by atomic mass is 16.5. The molecule has 2 fully saturated rings. The highest BCUT2D eigenvalue weighted by molar-refractivity contribution is 5.93. The third-order valence-electron chi connectivity index (χ3n) is 5.88. The Hall–Kier alpha value is -2.76. The van der Waals surface area contributed by atoms with E-state index in [1.165, 1.54) is 6.39 Å². The second-order valence-electron chi connectivity index (χ2n) is 8.12. The van der Waals surface area contributed by atoms with Crippen molar-refractivity contribution in [2.75, 3.05) is 52.9 Å². The summed E-state index contributed by atoms with van der Waals surface area (Å²) in [6.45, 7) is 7.55. The van der Waals surface area contributed by atoms with E-state index in [1.54, 1.807) is 11.6 Å². The highest BCUT2D eigenvalue weighted by Crippen LogP contribution is 2.31. The van der Waals surface area contributed by atoms with Crippen LogP contribution in [0.1, 0.15) is 34.3 Å². The van der Waals surface area contributed by atoms with E-state index in [-0.39, 0.29) is 24.5 Å². The Balaban J connectivity index is 0.000000913. The molecule has 176 valence electrons. The molecule has 0 aromatic carbocycles. The summed E-state index contributed by atoms with van der Waals surface area (Å²) in [6.07, 6.45) is 6.15. The van der Waals surface area contributed by atoms with E-state index >= 15 is 0 Å². The van der Waals surface area contributed by atoms with E-state index in [9.17, 15) is 4.79 Å². The fraction of sp³-hybridized carbons (Fsp3) is 0.619. The first-order valence-corrected chi connectivity index (χ1v) is 10.7. The molecule has 11 heteroatoms. The summed E-state index contributed by atoms with van der Waals surface area (Å²) in [6, 6.07) is -0.206. The quantitative estimate of drug-likeness (QED) is 0.672.